The van der Waals surface area contributed by atoms with Crippen LogP contribution in [0.1, 0.15) is 23.6 Å². The molecule has 0 unspecified atom stereocenters. The molecule has 136 valence electrons. The molecule has 0 bridgehead atoms. The first-order valence-corrected chi connectivity index (χ1v) is 8.69. The van der Waals surface area contributed by atoms with Crippen LogP contribution in [0.15, 0.2) is 54.6 Å². The maximum atomic E-state index is 13.7. The van der Waals surface area contributed by atoms with Gasteiger partial charge in [-0.25, -0.2) is 4.39 Å². The predicted octanol–water partition coefficient (Wildman–Crippen LogP) is 2.01. The van der Waals surface area contributed by atoms with E-state index in [2.05, 4.69) is 10.6 Å². The molecular weight excluding hydrogens is 333 g/mol. The van der Waals surface area contributed by atoms with E-state index in [0.717, 1.165) is 5.56 Å². The third-order valence-corrected chi connectivity index (χ3v) is 4.51. The van der Waals surface area contributed by atoms with Gasteiger partial charge in [0.15, 0.2) is 0 Å². The molecule has 2 aromatic carbocycles. The second-order valence-electron chi connectivity index (χ2n) is 6.32. The summed E-state index contributed by atoms with van der Waals surface area (Å²) in [5.74, 6) is -0.545. The molecule has 2 amide bonds. The van der Waals surface area contributed by atoms with Crippen LogP contribution in [0.25, 0.3) is 0 Å². The van der Waals surface area contributed by atoms with Crippen LogP contribution in [0.5, 0.6) is 0 Å². The third-order valence-electron chi connectivity index (χ3n) is 4.51. The zero-order valence-electron chi connectivity index (χ0n) is 14.5. The fraction of sp³-hybridized carbons (Fsp3) is 0.300. The van der Waals surface area contributed by atoms with Crippen LogP contribution in [0.3, 0.4) is 0 Å². The number of amides is 2. The van der Waals surface area contributed by atoms with Gasteiger partial charge in [-0.1, -0.05) is 48.5 Å². The quantitative estimate of drug-likeness (QED) is 0.862. The minimum absolute atomic E-state index is 0.0203. The Labute approximate surface area is 152 Å². The lowest BCUT2D eigenvalue weighted by Gasteiger charge is -2.28. The van der Waals surface area contributed by atoms with Gasteiger partial charge < -0.3 is 10.6 Å². The number of rotatable bonds is 5. The summed E-state index contributed by atoms with van der Waals surface area (Å²) in [5.41, 5.74) is 1.46. The van der Waals surface area contributed by atoms with Crippen molar-refractivity contribution in [2.45, 2.75) is 19.0 Å². The Morgan fingerprint density at radius 2 is 1.88 bits per heavy atom. The molecule has 6 heteroatoms. The molecule has 1 heterocycles. The van der Waals surface area contributed by atoms with Crippen LogP contribution in [-0.4, -0.2) is 36.3 Å². The van der Waals surface area contributed by atoms with Gasteiger partial charge in [0.1, 0.15) is 5.82 Å². The van der Waals surface area contributed by atoms with E-state index in [-0.39, 0.29) is 36.8 Å². The minimum Gasteiger partial charge on any atom is -0.355 e. The topological polar surface area (TPSA) is 61.4 Å². The first kappa shape index (κ1) is 18.1. The fourth-order valence-electron chi connectivity index (χ4n) is 3.14. The number of benzene rings is 2. The summed E-state index contributed by atoms with van der Waals surface area (Å²) in [5, 5.41) is 5.62. The normalized spacial score (nSPS) is 18.0. The molecule has 1 aliphatic rings. The van der Waals surface area contributed by atoms with Crippen molar-refractivity contribution in [3.8, 4) is 0 Å². The molecule has 3 rings (SSSR count). The van der Waals surface area contributed by atoms with Crippen LogP contribution < -0.4 is 10.6 Å². The molecule has 1 atom stereocenters. The molecule has 1 saturated heterocycles. The Kier molecular flexibility index (Phi) is 5.96. The summed E-state index contributed by atoms with van der Waals surface area (Å²) >= 11 is 0. The van der Waals surface area contributed by atoms with Crippen molar-refractivity contribution in [2.75, 3.05) is 19.6 Å². The highest BCUT2D eigenvalue weighted by molar-refractivity contribution is 5.79. The molecule has 0 aromatic heterocycles. The third kappa shape index (κ3) is 4.67. The summed E-state index contributed by atoms with van der Waals surface area (Å²) in [6, 6.07) is 15.9. The van der Waals surface area contributed by atoms with Gasteiger partial charge in [0.25, 0.3) is 0 Å². The fourth-order valence-corrected chi connectivity index (χ4v) is 3.14. The maximum absolute atomic E-state index is 13.7. The highest BCUT2D eigenvalue weighted by atomic mass is 19.1. The molecule has 2 N–H and O–H groups in total. The molecule has 1 fully saturated rings. The number of halogens is 1. The van der Waals surface area contributed by atoms with Crippen LogP contribution in [-0.2, 0) is 16.1 Å². The van der Waals surface area contributed by atoms with Gasteiger partial charge in [-0.15, -0.1) is 0 Å². The van der Waals surface area contributed by atoms with E-state index in [9.17, 15) is 14.0 Å². The molecule has 26 heavy (non-hydrogen) atoms. The first-order valence-electron chi connectivity index (χ1n) is 8.69. The summed E-state index contributed by atoms with van der Waals surface area (Å²) < 4.78 is 13.7. The Balaban J connectivity index is 1.66. The average Bonchev–Trinajstić information content (AvgIpc) is 2.83. The number of hydrogen-bond donors (Lipinski definition) is 2. The second-order valence-corrected chi connectivity index (χ2v) is 6.32. The summed E-state index contributed by atoms with van der Waals surface area (Å²) in [7, 11) is 0. The minimum atomic E-state index is -0.334. The van der Waals surface area contributed by atoms with Crippen LogP contribution in [0, 0.1) is 5.82 Å². The number of hydrogen-bond acceptors (Lipinski definition) is 3. The molecule has 0 radical (unpaired) electrons. The molecule has 5 nitrogen and oxygen atoms in total. The van der Waals surface area contributed by atoms with E-state index >= 15 is 0 Å². The largest absolute Gasteiger partial charge is 0.355 e. The van der Waals surface area contributed by atoms with Gasteiger partial charge in [-0.2, -0.15) is 0 Å². The van der Waals surface area contributed by atoms with Crippen LogP contribution in [0.2, 0.25) is 0 Å². The van der Waals surface area contributed by atoms with Gasteiger partial charge in [0, 0.05) is 37.7 Å². The van der Waals surface area contributed by atoms with E-state index < -0.39 is 0 Å². The Morgan fingerprint density at radius 3 is 2.65 bits per heavy atom. The number of carbonyl (C=O) groups excluding carboxylic acids is 2. The lowest BCUT2D eigenvalue weighted by molar-refractivity contribution is -0.124. The van der Waals surface area contributed by atoms with E-state index in [4.69, 9.17) is 0 Å². The number of nitrogens with zero attached hydrogens (tertiary/aromatic N) is 1. The number of nitrogens with one attached hydrogen (secondary N) is 2. The number of carbonyl (C=O) groups is 2. The zero-order valence-corrected chi connectivity index (χ0v) is 14.5. The highest BCUT2D eigenvalue weighted by Crippen LogP contribution is 2.25. The van der Waals surface area contributed by atoms with Gasteiger partial charge in [0.2, 0.25) is 11.8 Å². The Morgan fingerprint density at radius 1 is 1.15 bits per heavy atom. The van der Waals surface area contributed by atoms with Gasteiger partial charge in [-0.05, 0) is 11.6 Å². The molecular formula is C20H22FN3O2. The Hall–Kier alpha value is -2.73. The lowest BCUT2D eigenvalue weighted by Crippen LogP contribution is -2.40. The molecule has 0 saturated carbocycles. The maximum Gasteiger partial charge on any atom is 0.234 e. The van der Waals surface area contributed by atoms with Crippen molar-refractivity contribution < 1.29 is 14.0 Å². The standard InChI is InChI=1S/C20H22FN3O2/c21-17-9-5-4-8-16(17)13-23-20(26)14-24-11-10-22-19(25)12-18(24)15-6-2-1-3-7-15/h1-9,18H,10-14H2,(H,22,25)(H,23,26)/t18-/m1/s1. The average molecular weight is 355 g/mol. The van der Waals surface area contributed by atoms with Crippen molar-refractivity contribution in [2.24, 2.45) is 0 Å². The SMILES string of the molecule is O=C1C[C@H](c2ccccc2)N(CC(=O)NCc2ccccc2F)CCN1. The van der Waals surface area contributed by atoms with Gasteiger partial charge >= 0.3 is 0 Å². The van der Waals surface area contributed by atoms with E-state index in [1.54, 1.807) is 18.2 Å². The zero-order chi connectivity index (χ0) is 18.4. The van der Waals surface area contributed by atoms with Gasteiger partial charge in [-0.3, -0.25) is 14.5 Å². The molecule has 2 aromatic rings. The smallest absolute Gasteiger partial charge is 0.234 e. The summed E-state index contributed by atoms with van der Waals surface area (Å²) in [6.07, 6.45) is 0.310. The van der Waals surface area contributed by atoms with Crippen molar-refractivity contribution in [3.63, 3.8) is 0 Å². The predicted molar refractivity (Wildman–Crippen MR) is 96.6 cm³/mol. The highest BCUT2D eigenvalue weighted by Gasteiger charge is 2.27. The Bertz CT molecular complexity index is 767. The molecule has 0 spiro atoms. The van der Waals surface area contributed by atoms with Crippen molar-refractivity contribution >= 4 is 11.8 Å². The summed E-state index contributed by atoms with van der Waals surface area (Å²) in [4.78, 5) is 26.3. The first-order chi connectivity index (χ1) is 12.6. The molecule has 0 aliphatic carbocycles. The lowest BCUT2D eigenvalue weighted by atomic mass is 10.0. The molecule has 1 aliphatic heterocycles. The van der Waals surface area contributed by atoms with Crippen molar-refractivity contribution in [1.29, 1.82) is 0 Å². The van der Waals surface area contributed by atoms with Crippen LogP contribution >= 0.6 is 0 Å². The van der Waals surface area contributed by atoms with E-state index in [1.807, 2.05) is 35.2 Å². The van der Waals surface area contributed by atoms with E-state index in [1.165, 1.54) is 6.07 Å². The summed E-state index contributed by atoms with van der Waals surface area (Å²) in [6.45, 7) is 1.39. The van der Waals surface area contributed by atoms with Gasteiger partial charge in [0.05, 0.1) is 6.54 Å². The van der Waals surface area contributed by atoms with Crippen molar-refractivity contribution in [3.05, 3.63) is 71.5 Å². The van der Waals surface area contributed by atoms with Crippen LogP contribution in [0.4, 0.5) is 4.39 Å². The monoisotopic (exact) mass is 355 g/mol. The van der Waals surface area contributed by atoms with Crippen molar-refractivity contribution in [1.82, 2.24) is 15.5 Å². The second kappa shape index (κ2) is 8.58. The van der Waals surface area contributed by atoms with E-state index in [0.29, 0.717) is 25.1 Å².